The molecule has 194 valence electrons. The fraction of sp³-hybridized carbons (Fsp3) is 0.0588. The van der Waals surface area contributed by atoms with Crippen molar-refractivity contribution in [3.8, 4) is 0 Å². The topological polar surface area (TPSA) is 48.1 Å². The van der Waals surface area contributed by atoms with Gasteiger partial charge in [0.2, 0.25) is 5.69 Å². The Balaban J connectivity index is 1.36. The lowest BCUT2D eigenvalue weighted by atomic mass is 9.80. The molecule has 1 aliphatic carbocycles. The number of halogens is 2. The van der Waals surface area contributed by atoms with Gasteiger partial charge in [-0.2, -0.15) is 4.58 Å². The Morgan fingerprint density at radius 3 is 2.15 bits per heavy atom. The van der Waals surface area contributed by atoms with Crippen LogP contribution in [0.25, 0.3) is 22.0 Å². The SMILES string of the molecule is O=C1C(=C2C=[N+](Cc3ccccc3)c3ccc(Br)cc32)C([O-])=C1c1cn(Cc2ccccc2)c2ccc(Br)cc12. The highest BCUT2D eigenvalue weighted by atomic mass is 79.9. The molecule has 0 bridgehead atoms. The first-order chi connectivity index (χ1) is 19.5. The maximum absolute atomic E-state index is 13.8. The second kappa shape index (κ2) is 9.88. The molecule has 7 rings (SSSR count). The lowest BCUT2D eigenvalue weighted by molar-refractivity contribution is -0.449. The summed E-state index contributed by atoms with van der Waals surface area (Å²) in [6, 6.07) is 32.3. The van der Waals surface area contributed by atoms with Crippen molar-refractivity contribution in [1.82, 2.24) is 4.57 Å². The summed E-state index contributed by atoms with van der Waals surface area (Å²) in [5.41, 5.74) is 7.01. The average molecular weight is 650 g/mol. The Morgan fingerprint density at radius 2 is 1.43 bits per heavy atom. The maximum Gasteiger partial charge on any atom is 0.213 e. The van der Waals surface area contributed by atoms with Gasteiger partial charge in [0.15, 0.2) is 18.5 Å². The van der Waals surface area contributed by atoms with E-state index in [1.165, 1.54) is 0 Å². The molecule has 5 aromatic rings. The fourth-order valence-corrected chi connectivity index (χ4v) is 6.36. The van der Waals surface area contributed by atoms with Gasteiger partial charge in [-0.1, -0.05) is 98.3 Å². The smallest absolute Gasteiger partial charge is 0.213 e. The second-order valence-corrected chi connectivity index (χ2v) is 11.9. The van der Waals surface area contributed by atoms with Crippen LogP contribution in [-0.2, 0) is 17.9 Å². The van der Waals surface area contributed by atoms with E-state index in [4.69, 9.17) is 0 Å². The third-order valence-electron chi connectivity index (χ3n) is 7.52. The number of carbonyl (C=O) groups excluding carboxylic acids is 1. The monoisotopic (exact) mass is 648 g/mol. The molecule has 0 spiro atoms. The van der Waals surface area contributed by atoms with Crippen LogP contribution < -0.4 is 5.11 Å². The summed E-state index contributed by atoms with van der Waals surface area (Å²) < 4.78 is 6.02. The van der Waals surface area contributed by atoms with Crippen LogP contribution in [0.2, 0.25) is 0 Å². The Kier molecular flexibility index (Phi) is 6.17. The largest absolute Gasteiger partial charge is 0.871 e. The molecular formula is C34H22Br2N2O2. The zero-order valence-electron chi connectivity index (χ0n) is 21.3. The number of nitrogens with zero attached hydrogens (tertiary/aromatic N) is 2. The van der Waals surface area contributed by atoms with Crippen LogP contribution in [0, 0.1) is 0 Å². The minimum absolute atomic E-state index is 0.206. The molecule has 40 heavy (non-hydrogen) atoms. The number of aromatic nitrogens is 1. The van der Waals surface area contributed by atoms with Crippen LogP contribution in [0.15, 0.2) is 124 Å². The van der Waals surface area contributed by atoms with Crippen molar-refractivity contribution in [2.45, 2.75) is 13.1 Å². The molecule has 0 radical (unpaired) electrons. The number of carbonyl (C=O) groups is 1. The summed E-state index contributed by atoms with van der Waals surface area (Å²) in [4.78, 5) is 13.8. The summed E-state index contributed by atoms with van der Waals surface area (Å²) in [6.07, 6.45) is 3.89. The van der Waals surface area contributed by atoms with Gasteiger partial charge in [-0.05, 0) is 35.9 Å². The van der Waals surface area contributed by atoms with Gasteiger partial charge < -0.3 is 9.67 Å². The normalized spacial score (nSPS) is 16.4. The first kappa shape index (κ1) is 25.0. The number of ketones is 1. The molecule has 4 nitrogen and oxygen atoms in total. The molecule has 1 aromatic heterocycles. The Bertz CT molecular complexity index is 1930. The molecule has 6 heteroatoms. The van der Waals surface area contributed by atoms with Crippen molar-refractivity contribution in [2.24, 2.45) is 0 Å². The highest BCUT2D eigenvalue weighted by Gasteiger charge is 2.38. The summed E-state index contributed by atoms with van der Waals surface area (Å²) in [5, 5.41) is 14.7. The third kappa shape index (κ3) is 4.19. The standard InChI is InChI=1S/C34H22Br2N2O2/c35-23-11-13-29-25(15-23)27(19-37(29)17-21-7-3-1-4-8-21)31-33(39)32(34(31)40)28-20-38(18-22-9-5-2-6-10-22)30-14-12-24(36)16-26(28)30/h1-16,19-20H,17-18H2. The van der Waals surface area contributed by atoms with E-state index in [2.05, 4.69) is 65.3 Å². The summed E-state index contributed by atoms with van der Waals surface area (Å²) >= 11 is 7.15. The van der Waals surface area contributed by atoms with Crippen LogP contribution in [0.4, 0.5) is 5.69 Å². The van der Waals surface area contributed by atoms with E-state index in [9.17, 15) is 9.90 Å². The number of hydrogen-bond donors (Lipinski definition) is 0. The quantitative estimate of drug-likeness (QED) is 0.149. The number of hydrogen-bond acceptors (Lipinski definition) is 2. The molecule has 2 heterocycles. The van der Waals surface area contributed by atoms with E-state index in [1.807, 2.05) is 85.2 Å². The molecule has 0 saturated carbocycles. The number of rotatable bonds is 5. The maximum atomic E-state index is 13.8. The molecule has 0 N–H and O–H groups in total. The lowest BCUT2D eigenvalue weighted by Crippen LogP contribution is -2.30. The van der Waals surface area contributed by atoms with Gasteiger partial charge in [-0.3, -0.25) is 4.79 Å². The number of allylic oxidation sites excluding steroid dienone is 3. The van der Waals surface area contributed by atoms with Crippen LogP contribution >= 0.6 is 31.9 Å². The highest BCUT2D eigenvalue weighted by molar-refractivity contribution is 9.10. The molecule has 0 atom stereocenters. The fourth-order valence-electron chi connectivity index (χ4n) is 5.64. The molecule has 4 aromatic carbocycles. The van der Waals surface area contributed by atoms with E-state index in [0.717, 1.165) is 42.2 Å². The number of benzene rings is 4. The minimum Gasteiger partial charge on any atom is -0.871 e. The Morgan fingerprint density at radius 1 is 0.750 bits per heavy atom. The van der Waals surface area contributed by atoms with Crippen molar-refractivity contribution in [3.63, 3.8) is 0 Å². The van der Waals surface area contributed by atoms with E-state index in [1.54, 1.807) is 0 Å². The average Bonchev–Trinajstić information content (AvgIpc) is 3.47. The van der Waals surface area contributed by atoms with E-state index < -0.39 is 0 Å². The first-order valence-corrected chi connectivity index (χ1v) is 14.6. The number of fused-ring (bicyclic) bond motifs is 2. The summed E-state index contributed by atoms with van der Waals surface area (Å²) in [7, 11) is 0. The van der Waals surface area contributed by atoms with E-state index >= 15 is 0 Å². The summed E-state index contributed by atoms with van der Waals surface area (Å²) in [6.45, 7) is 1.29. The molecule has 1 aliphatic heterocycles. The van der Waals surface area contributed by atoms with E-state index in [0.29, 0.717) is 24.2 Å². The van der Waals surface area contributed by atoms with Crippen LogP contribution in [-0.4, -0.2) is 21.1 Å². The van der Waals surface area contributed by atoms with Gasteiger partial charge in [0.25, 0.3) is 0 Å². The van der Waals surface area contributed by atoms with Gasteiger partial charge in [0.1, 0.15) is 0 Å². The zero-order valence-corrected chi connectivity index (χ0v) is 24.4. The molecule has 0 fully saturated rings. The van der Waals surface area contributed by atoms with Crippen molar-refractivity contribution < 1.29 is 14.5 Å². The predicted molar refractivity (Wildman–Crippen MR) is 164 cm³/mol. The van der Waals surface area contributed by atoms with Gasteiger partial charge in [-0.15, -0.1) is 0 Å². The Labute approximate surface area is 248 Å². The first-order valence-electron chi connectivity index (χ1n) is 13.0. The molecule has 0 unspecified atom stereocenters. The molecule has 0 amide bonds. The highest BCUT2D eigenvalue weighted by Crippen LogP contribution is 2.45. The minimum atomic E-state index is -0.206. The summed E-state index contributed by atoms with van der Waals surface area (Å²) in [5.74, 6) is -0.412. The van der Waals surface area contributed by atoms with Crippen LogP contribution in [0.5, 0.6) is 0 Å². The second-order valence-electron chi connectivity index (χ2n) is 10.0. The predicted octanol–water partition coefficient (Wildman–Crippen LogP) is 7.25. The van der Waals surface area contributed by atoms with Crippen LogP contribution in [0.3, 0.4) is 0 Å². The van der Waals surface area contributed by atoms with Crippen LogP contribution in [0.1, 0.15) is 22.3 Å². The zero-order chi connectivity index (χ0) is 27.4. The van der Waals surface area contributed by atoms with Crippen molar-refractivity contribution >= 4 is 71.6 Å². The molecule has 2 aliphatic rings. The van der Waals surface area contributed by atoms with Gasteiger partial charge in [0, 0.05) is 60.9 Å². The molecular weight excluding hydrogens is 628 g/mol. The third-order valence-corrected chi connectivity index (χ3v) is 8.51. The van der Waals surface area contributed by atoms with Crippen molar-refractivity contribution in [1.29, 1.82) is 0 Å². The molecule has 0 saturated heterocycles. The van der Waals surface area contributed by atoms with Crippen molar-refractivity contribution in [3.05, 3.63) is 146 Å². The van der Waals surface area contributed by atoms with E-state index in [-0.39, 0.29) is 22.7 Å². The van der Waals surface area contributed by atoms with Gasteiger partial charge in [0.05, 0.1) is 11.1 Å². The Hall–Kier alpha value is -4.00. The number of Topliss-reactive ketones (excluding diaryl/α,β-unsaturated/α-hetero) is 1. The van der Waals surface area contributed by atoms with Crippen molar-refractivity contribution in [2.75, 3.05) is 0 Å². The lowest BCUT2D eigenvalue weighted by Gasteiger charge is -2.31. The van der Waals surface area contributed by atoms with Gasteiger partial charge in [-0.25, -0.2) is 0 Å². The van der Waals surface area contributed by atoms with Gasteiger partial charge >= 0.3 is 0 Å².